The quantitative estimate of drug-likeness (QED) is 0.497. The molecule has 0 aliphatic rings. The number of hydrogen-bond acceptors (Lipinski definition) is 6. The molecule has 8 heteroatoms. The summed E-state index contributed by atoms with van der Waals surface area (Å²) in [6.07, 6.45) is -0.485. The van der Waals surface area contributed by atoms with Crippen molar-refractivity contribution in [2.24, 2.45) is 5.73 Å². The maximum atomic E-state index is 11.6. The molecule has 7 nitrogen and oxygen atoms in total. The van der Waals surface area contributed by atoms with Gasteiger partial charge in [0.1, 0.15) is 6.04 Å². The Morgan fingerprint density at radius 1 is 1.44 bits per heavy atom. The first-order chi connectivity index (χ1) is 8.42. The second-order valence-electron chi connectivity index (χ2n) is 3.45. The van der Waals surface area contributed by atoms with Crippen molar-refractivity contribution in [3.63, 3.8) is 0 Å². The molecular formula is C10H18N2O5S. The number of nitrogens with one attached hydrogen (secondary N) is 1. The van der Waals surface area contributed by atoms with E-state index in [0.29, 0.717) is 5.75 Å². The first-order valence-corrected chi connectivity index (χ1v) is 6.51. The highest BCUT2D eigenvalue weighted by molar-refractivity contribution is 7.99. The maximum absolute atomic E-state index is 11.6. The van der Waals surface area contributed by atoms with Gasteiger partial charge in [0, 0.05) is 5.75 Å². The highest BCUT2D eigenvalue weighted by Gasteiger charge is 2.25. The van der Waals surface area contributed by atoms with Crippen LogP contribution >= 0.6 is 11.8 Å². The first kappa shape index (κ1) is 16.7. The molecule has 0 aliphatic heterocycles. The molecule has 0 heterocycles. The summed E-state index contributed by atoms with van der Waals surface area (Å²) in [6, 6.07) is -1.99. The Kier molecular flexibility index (Phi) is 8.14. The summed E-state index contributed by atoms with van der Waals surface area (Å²) in [5, 5.41) is 10.9. The number of carboxylic acids is 1. The molecule has 0 aromatic carbocycles. The van der Waals surface area contributed by atoms with Crippen LogP contribution in [-0.2, 0) is 19.1 Å². The zero-order valence-electron chi connectivity index (χ0n) is 10.3. The van der Waals surface area contributed by atoms with Crippen molar-refractivity contribution >= 4 is 29.6 Å². The summed E-state index contributed by atoms with van der Waals surface area (Å²) in [5.74, 6) is -1.29. The van der Waals surface area contributed by atoms with Gasteiger partial charge >= 0.3 is 11.9 Å². The lowest BCUT2D eigenvalue weighted by molar-refractivity contribution is -0.144. The summed E-state index contributed by atoms with van der Waals surface area (Å²) < 4.78 is 4.55. The summed E-state index contributed by atoms with van der Waals surface area (Å²) in [5.41, 5.74) is 5.38. The predicted octanol–water partition coefficient (Wildman–Crippen LogP) is -0.801. The maximum Gasteiger partial charge on any atom is 0.329 e. The third kappa shape index (κ3) is 6.45. The van der Waals surface area contributed by atoms with E-state index >= 15 is 0 Å². The molecule has 0 spiro atoms. The zero-order valence-corrected chi connectivity index (χ0v) is 11.2. The average molecular weight is 278 g/mol. The van der Waals surface area contributed by atoms with Crippen LogP contribution in [-0.4, -0.2) is 53.7 Å². The Morgan fingerprint density at radius 2 is 2.06 bits per heavy atom. The van der Waals surface area contributed by atoms with E-state index in [1.165, 1.54) is 18.9 Å². The molecule has 0 aliphatic carbocycles. The fraction of sp³-hybridized carbons (Fsp3) is 0.700. The third-order valence-corrected chi connectivity index (χ3v) is 3.00. The van der Waals surface area contributed by atoms with Gasteiger partial charge in [0.2, 0.25) is 5.91 Å². The summed E-state index contributed by atoms with van der Waals surface area (Å²) in [6.45, 7) is 1.91. The lowest BCUT2D eigenvalue weighted by Gasteiger charge is -2.18. The number of carboxylic acid groups (broad SMARTS) is 1. The molecule has 0 unspecified atom stereocenters. The van der Waals surface area contributed by atoms with Crippen molar-refractivity contribution in [2.75, 3.05) is 18.6 Å². The first-order valence-electron chi connectivity index (χ1n) is 5.35. The molecule has 0 radical (unpaired) electrons. The molecule has 0 bridgehead atoms. The second-order valence-corrected chi connectivity index (χ2v) is 4.77. The minimum absolute atomic E-state index is 0.356. The molecule has 4 N–H and O–H groups in total. The summed E-state index contributed by atoms with van der Waals surface area (Å²) >= 11 is 1.45. The molecule has 0 aromatic heterocycles. The number of amides is 1. The van der Waals surface area contributed by atoms with Gasteiger partial charge in [-0.2, -0.15) is 11.8 Å². The number of rotatable bonds is 8. The number of carbonyl (C=O) groups excluding carboxylic acids is 2. The number of esters is 1. The van der Waals surface area contributed by atoms with Crippen LogP contribution in [0, 0.1) is 0 Å². The minimum atomic E-state index is -1.18. The van der Waals surface area contributed by atoms with E-state index in [9.17, 15) is 14.4 Å². The van der Waals surface area contributed by atoms with Crippen LogP contribution < -0.4 is 11.1 Å². The van der Waals surface area contributed by atoms with Crippen LogP contribution in [0.4, 0.5) is 0 Å². The van der Waals surface area contributed by atoms with E-state index in [2.05, 4.69) is 10.1 Å². The highest BCUT2D eigenvalue weighted by atomic mass is 32.2. The van der Waals surface area contributed by atoms with Crippen LogP contribution in [0.5, 0.6) is 0 Å². The van der Waals surface area contributed by atoms with Gasteiger partial charge < -0.3 is 20.9 Å². The van der Waals surface area contributed by atoms with E-state index in [1.54, 1.807) is 0 Å². The fourth-order valence-corrected chi connectivity index (χ4v) is 1.80. The van der Waals surface area contributed by atoms with Crippen LogP contribution in [0.3, 0.4) is 0 Å². The van der Waals surface area contributed by atoms with Gasteiger partial charge in [-0.15, -0.1) is 0 Å². The summed E-state index contributed by atoms with van der Waals surface area (Å²) in [4.78, 5) is 33.4. The molecule has 0 aromatic rings. The SMILES string of the molecule is CCSC[C@@H](NC(=O)[C@H](N)CC(=O)O)C(=O)OC. The van der Waals surface area contributed by atoms with E-state index in [-0.39, 0.29) is 0 Å². The zero-order chi connectivity index (χ0) is 14.1. The smallest absolute Gasteiger partial charge is 0.329 e. The lowest BCUT2D eigenvalue weighted by Crippen LogP contribution is -2.50. The summed E-state index contributed by atoms with van der Waals surface area (Å²) in [7, 11) is 1.22. The van der Waals surface area contributed by atoms with Crippen LogP contribution in [0.2, 0.25) is 0 Å². The van der Waals surface area contributed by atoms with Crippen LogP contribution in [0.1, 0.15) is 13.3 Å². The molecular weight excluding hydrogens is 260 g/mol. The Morgan fingerprint density at radius 3 is 2.50 bits per heavy atom. The van der Waals surface area contributed by atoms with Crippen molar-refractivity contribution < 1.29 is 24.2 Å². The van der Waals surface area contributed by atoms with Crippen LogP contribution in [0.15, 0.2) is 0 Å². The fourth-order valence-electron chi connectivity index (χ4n) is 1.11. The molecule has 0 saturated carbocycles. The number of thioether (sulfide) groups is 1. The third-order valence-electron chi connectivity index (χ3n) is 2.02. The van der Waals surface area contributed by atoms with E-state index < -0.39 is 36.4 Å². The average Bonchev–Trinajstić information content (AvgIpc) is 2.32. The minimum Gasteiger partial charge on any atom is -0.481 e. The predicted molar refractivity (Wildman–Crippen MR) is 67.2 cm³/mol. The van der Waals surface area contributed by atoms with Gasteiger partial charge in [-0.25, -0.2) is 4.79 Å². The Labute approximate surface area is 109 Å². The van der Waals surface area contributed by atoms with Crippen molar-refractivity contribution in [3.8, 4) is 0 Å². The van der Waals surface area contributed by atoms with Crippen LogP contribution in [0.25, 0.3) is 0 Å². The molecule has 1 amide bonds. The van der Waals surface area contributed by atoms with E-state index in [4.69, 9.17) is 10.8 Å². The topological polar surface area (TPSA) is 119 Å². The molecule has 2 atom stereocenters. The second kappa shape index (κ2) is 8.76. The number of ether oxygens (including phenoxy) is 1. The molecule has 0 rings (SSSR count). The van der Waals surface area contributed by atoms with Gasteiger partial charge in [0.05, 0.1) is 19.6 Å². The van der Waals surface area contributed by atoms with Crippen molar-refractivity contribution in [2.45, 2.75) is 25.4 Å². The number of methoxy groups -OCH3 is 1. The van der Waals surface area contributed by atoms with E-state index in [1.807, 2.05) is 6.92 Å². The van der Waals surface area contributed by atoms with Gasteiger partial charge in [0.25, 0.3) is 0 Å². The monoisotopic (exact) mass is 278 g/mol. The number of carbonyl (C=O) groups is 3. The van der Waals surface area contributed by atoms with Gasteiger partial charge in [0.15, 0.2) is 0 Å². The standard InChI is InChI=1S/C10H18N2O5S/c1-3-18-5-7(10(16)17-2)12-9(15)6(11)4-8(13)14/h6-7H,3-5,11H2,1-2H3,(H,12,15)(H,13,14)/t6-,7-/m1/s1. The normalized spacial score (nSPS) is 13.5. The Balaban J connectivity index is 4.42. The largest absolute Gasteiger partial charge is 0.481 e. The van der Waals surface area contributed by atoms with Crippen molar-refractivity contribution in [3.05, 3.63) is 0 Å². The van der Waals surface area contributed by atoms with Crippen molar-refractivity contribution in [1.82, 2.24) is 5.32 Å². The highest BCUT2D eigenvalue weighted by Crippen LogP contribution is 2.04. The van der Waals surface area contributed by atoms with Gasteiger partial charge in [-0.3, -0.25) is 9.59 Å². The molecule has 104 valence electrons. The molecule has 18 heavy (non-hydrogen) atoms. The van der Waals surface area contributed by atoms with Gasteiger partial charge in [-0.1, -0.05) is 6.92 Å². The molecule has 0 saturated heterocycles. The number of aliphatic carboxylic acids is 1. The number of hydrogen-bond donors (Lipinski definition) is 3. The Bertz CT molecular complexity index is 311. The molecule has 0 fully saturated rings. The Hall–Kier alpha value is -1.28. The van der Waals surface area contributed by atoms with Crippen molar-refractivity contribution in [1.29, 1.82) is 0 Å². The lowest BCUT2D eigenvalue weighted by atomic mass is 10.2. The van der Waals surface area contributed by atoms with E-state index in [0.717, 1.165) is 5.75 Å². The van der Waals surface area contributed by atoms with Gasteiger partial charge in [-0.05, 0) is 5.75 Å². The number of nitrogens with two attached hydrogens (primary N) is 1.